The minimum absolute atomic E-state index is 0.608. The molecule has 5 aromatic carbocycles. The van der Waals surface area contributed by atoms with Crippen molar-refractivity contribution in [1.82, 2.24) is 24.9 Å². The summed E-state index contributed by atoms with van der Waals surface area (Å²) in [6.07, 6.45) is 1.60. The second-order valence-electron chi connectivity index (χ2n) is 9.74. The van der Waals surface area contributed by atoms with Crippen LogP contribution in [0.5, 0.6) is 0 Å². The molecule has 41 heavy (non-hydrogen) atoms. The highest BCUT2D eigenvalue weighted by Crippen LogP contribution is 2.38. The fraction of sp³-hybridized carbons (Fsp3) is 0. The molecule has 8 aromatic rings. The first kappa shape index (κ1) is 23.2. The van der Waals surface area contributed by atoms with Crippen molar-refractivity contribution in [2.24, 2.45) is 0 Å². The molecule has 0 aliphatic rings. The van der Waals surface area contributed by atoms with Crippen LogP contribution in [0.3, 0.4) is 0 Å². The molecule has 0 aliphatic carbocycles. The van der Waals surface area contributed by atoms with Gasteiger partial charge in [-0.2, -0.15) is 0 Å². The summed E-state index contributed by atoms with van der Waals surface area (Å²) in [5.41, 5.74) is 6.75. The molecule has 0 unspecified atom stereocenters. The third kappa shape index (κ3) is 3.93. The number of nitrogens with zero attached hydrogens (tertiary/aromatic N) is 5. The van der Waals surface area contributed by atoms with E-state index in [9.17, 15) is 0 Å². The predicted octanol–water partition coefficient (Wildman–Crippen LogP) is 8.38. The minimum atomic E-state index is 0.608. The lowest BCUT2D eigenvalue weighted by atomic mass is 9.97. The third-order valence-electron chi connectivity index (χ3n) is 7.28. The highest BCUT2D eigenvalue weighted by atomic mass is 16.3. The van der Waals surface area contributed by atoms with E-state index in [-0.39, 0.29) is 0 Å². The highest BCUT2D eigenvalue weighted by Gasteiger charge is 2.19. The largest absolute Gasteiger partial charge is 0.452 e. The van der Waals surface area contributed by atoms with E-state index >= 15 is 0 Å². The van der Waals surface area contributed by atoms with E-state index in [0.29, 0.717) is 23.1 Å². The van der Waals surface area contributed by atoms with Crippen LogP contribution in [0.25, 0.3) is 78.3 Å². The Morgan fingerprint density at radius 3 is 1.71 bits per heavy atom. The maximum absolute atomic E-state index is 6.27. The Morgan fingerprint density at radius 1 is 0.439 bits per heavy atom. The van der Waals surface area contributed by atoms with Crippen LogP contribution in [0, 0.1) is 0 Å². The van der Waals surface area contributed by atoms with Gasteiger partial charge in [0.2, 0.25) is 0 Å². The van der Waals surface area contributed by atoms with E-state index in [1.165, 1.54) is 0 Å². The SMILES string of the molecule is c1ccc(-c2nc(-c3ccccc3)nc(-c3cccc4c(-c5ncnc6c5oc5ccccc56)cccc34)n2)cc1. The van der Waals surface area contributed by atoms with Crippen molar-refractivity contribution in [3.05, 3.63) is 128 Å². The number of furan rings is 1. The van der Waals surface area contributed by atoms with Gasteiger partial charge in [0, 0.05) is 27.6 Å². The lowest BCUT2D eigenvalue weighted by Gasteiger charge is -2.12. The molecular weight excluding hydrogens is 506 g/mol. The highest BCUT2D eigenvalue weighted by molar-refractivity contribution is 6.10. The van der Waals surface area contributed by atoms with Gasteiger partial charge < -0.3 is 4.42 Å². The molecule has 0 aliphatic heterocycles. The summed E-state index contributed by atoms with van der Waals surface area (Å²) < 4.78 is 6.27. The molecule has 3 aromatic heterocycles. The Morgan fingerprint density at radius 2 is 1.00 bits per heavy atom. The van der Waals surface area contributed by atoms with Crippen LogP contribution in [0.2, 0.25) is 0 Å². The van der Waals surface area contributed by atoms with Crippen molar-refractivity contribution in [1.29, 1.82) is 0 Å². The lowest BCUT2D eigenvalue weighted by Crippen LogP contribution is -2.00. The van der Waals surface area contributed by atoms with Gasteiger partial charge in [-0.3, -0.25) is 0 Å². The molecule has 0 atom stereocenters. The molecular formula is C35H21N5O. The molecule has 3 heterocycles. The molecule has 0 N–H and O–H groups in total. The first-order valence-corrected chi connectivity index (χ1v) is 13.4. The Balaban J connectivity index is 1.36. The summed E-state index contributed by atoms with van der Waals surface area (Å²) in [7, 11) is 0. The van der Waals surface area contributed by atoms with Crippen LogP contribution >= 0.6 is 0 Å². The van der Waals surface area contributed by atoms with Gasteiger partial charge in [-0.05, 0) is 22.9 Å². The number of fused-ring (bicyclic) bond motifs is 4. The monoisotopic (exact) mass is 527 g/mol. The summed E-state index contributed by atoms with van der Waals surface area (Å²) in [4.78, 5) is 24.0. The molecule has 0 amide bonds. The Bertz CT molecular complexity index is 2150. The molecule has 0 saturated carbocycles. The van der Waals surface area contributed by atoms with E-state index in [4.69, 9.17) is 19.4 Å². The van der Waals surface area contributed by atoms with Gasteiger partial charge in [0.25, 0.3) is 0 Å². The number of benzene rings is 5. The second kappa shape index (κ2) is 9.47. The molecule has 6 nitrogen and oxygen atoms in total. The molecule has 8 rings (SSSR count). The summed E-state index contributed by atoms with van der Waals surface area (Å²) in [5.74, 6) is 1.86. The Labute approximate surface area is 235 Å². The molecule has 0 radical (unpaired) electrons. The van der Waals surface area contributed by atoms with Crippen LogP contribution < -0.4 is 0 Å². The van der Waals surface area contributed by atoms with Crippen molar-refractivity contribution in [3.8, 4) is 45.4 Å². The normalized spacial score (nSPS) is 11.4. The van der Waals surface area contributed by atoms with Gasteiger partial charge in [-0.15, -0.1) is 0 Å². The third-order valence-corrected chi connectivity index (χ3v) is 7.28. The summed E-state index contributed by atoms with van der Waals surface area (Å²) >= 11 is 0. The maximum Gasteiger partial charge on any atom is 0.180 e. The Hall–Kier alpha value is -5.75. The van der Waals surface area contributed by atoms with Crippen LogP contribution in [-0.2, 0) is 0 Å². The van der Waals surface area contributed by atoms with Crippen LogP contribution in [0.15, 0.2) is 132 Å². The van der Waals surface area contributed by atoms with E-state index in [1.807, 2.05) is 97.1 Å². The van der Waals surface area contributed by atoms with Crippen molar-refractivity contribution < 1.29 is 4.42 Å². The van der Waals surface area contributed by atoms with E-state index in [1.54, 1.807) is 6.33 Å². The summed E-state index contributed by atoms with van der Waals surface area (Å²) in [5, 5.41) is 3.00. The molecule has 0 saturated heterocycles. The molecule has 6 heteroatoms. The van der Waals surface area contributed by atoms with Gasteiger partial charge in [0.15, 0.2) is 23.1 Å². The number of aromatic nitrogens is 5. The van der Waals surface area contributed by atoms with Gasteiger partial charge in [-0.25, -0.2) is 24.9 Å². The molecule has 0 bridgehead atoms. The van der Waals surface area contributed by atoms with Gasteiger partial charge in [-0.1, -0.05) is 109 Å². The fourth-order valence-corrected chi connectivity index (χ4v) is 5.36. The van der Waals surface area contributed by atoms with E-state index in [0.717, 1.165) is 55.2 Å². The van der Waals surface area contributed by atoms with Crippen molar-refractivity contribution in [2.45, 2.75) is 0 Å². The van der Waals surface area contributed by atoms with Crippen LogP contribution in [-0.4, -0.2) is 24.9 Å². The second-order valence-corrected chi connectivity index (χ2v) is 9.74. The zero-order valence-electron chi connectivity index (χ0n) is 21.8. The fourth-order valence-electron chi connectivity index (χ4n) is 5.36. The Kier molecular flexibility index (Phi) is 5.35. The average molecular weight is 528 g/mol. The van der Waals surface area contributed by atoms with Gasteiger partial charge >= 0.3 is 0 Å². The summed E-state index contributed by atoms with van der Waals surface area (Å²) in [6, 6.07) is 40.3. The number of hydrogen-bond acceptors (Lipinski definition) is 6. The number of hydrogen-bond donors (Lipinski definition) is 0. The molecule has 0 spiro atoms. The minimum Gasteiger partial charge on any atom is -0.452 e. The van der Waals surface area contributed by atoms with E-state index in [2.05, 4.69) is 34.2 Å². The molecule has 192 valence electrons. The van der Waals surface area contributed by atoms with E-state index < -0.39 is 0 Å². The first-order valence-electron chi connectivity index (χ1n) is 13.4. The van der Waals surface area contributed by atoms with Gasteiger partial charge in [0.05, 0.1) is 0 Å². The number of rotatable bonds is 4. The number of para-hydroxylation sites is 1. The van der Waals surface area contributed by atoms with Crippen LogP contribution in [0.1, 0.15) is 0 Å². The lowest BCUT2D eigenvalue weighted by molar-refractivity contribution is 0.667. The smallest absolute Gasteiger partial charge is 0.180 e. The van der Waals surface area contributed by atoms with Crippen molar-refractivity contribution in [2.75, 3.05) is 0 Å². The standard InChI is InChI=1S/C35H21N5O/c1-3-11-22(12-4-1)33-38-34(23-13-5-2-6-14-23)40-35(39-33)27-19-10-16-24-25(27)17-9-18-26(24)30-32-31(37-21-36-30)28-15-7-8-20-29(28)41-32/h1-21H. The van der Waals surface area contributed by atoms with Gasteiger partial charge in [0.1, 0.15) is 23.1 Å². The van der Waals surface area contributed by atoms with Crippen molar-refractivity contribution in [3.63, 3.8) is 0 Å². The maximum atomic E-state index is 6.27. The molecule has 0 fully saturated rings. The van der Waals surface area contributed by atoms with Crippen LogP contribution in [0.4, 0.5) is 0 Å². The average Bonchev–Trinajstić information content (AvgIpc) is 3.44. The quantitative estimate of drug-likeness (QED) is 0.229. The first-order chi connectivity index (χ1) is 20.3. The van der Waals surface area contributed by atoms with Crippen molar-refractivity contribution >= 4 is 32.8 Å². The zero-order valence-corrected chi connectivity index (χ0v) is 21.8. The zero-order chi connectivity index (χ0) is 27.2. The predicted molar refractivity (Wildman–Crippen MR) is 162 cm³/mol. The topological polar surface area (TPSA) is 77.6 Å². The summed E-state index contributed by atoms with van der Waals surface area (Å²) in [6.45, 7) is 0.